The monoisotopic (exact) mass is 397 g/mol. The summed E-state index contributed by atoms with van der Waals surface area (Å²) in [5.74, 6) is 0.781. The molecule has 1 amide bonds. The molecule has 2 fully saturated rings. The molecule has 0 aromatic heterocycles. The molecule has 0 aromatic rings. The van der Waals surface area contributed by atoms with E-state index >= 15 is 0 Å². The summed E-state index contributed by atoms with van der Waals surface area (Å²) in [4.78, 5) is 21.0. The van der Waals surface area contributed by atoms with Gasteiger partial charge in [-0.3, -0.25) is 9.89 Å². The van der Waals surface area contributed by atoms with Gasteiger partial charge < -0.3 is 25.0 Å². The van der Waals surface area contributed by atoms with Crippen molar-refractivity contribution in [1.29, 1.82) is 0 Å². The molecule has 0 aliphatic carbocycles. The lowest BCUT2D eigenvalue weighted by atomic mass is 10.1. The maximum atomic E-state index is 12.3. The predicted octanol–water partition coefficient (Wildman–Crippen LogP) is 1.66. The first-order valence-corrected chi connectivity index (χ1v) is 10.5. The summed E-state index contributed by atoms with van der Waals surface area (Å²) >= 11 is 0. The second-order valence-corrected chi connectivity index (χ2v) is 8.87. The van der Waals surface area contributed by atoms with Gasteiger partial charge in [0.2, 0.25) is 0 Å². The number of morpholine rings is 1. The summed E-state index contributed by atoms with van der Waals surface area (Å²) in [6.07, 6.45) is 1.72. The van der Waals surface area contributed by atoms with Crippen LogP contribution in [0.4, 0.5) is 4.79 Å². The zero-order chi connectivity index (χ0) is 20.7. The number of nitrogens with one attached hydrogen (secondary N) is 2. The maximum absolute atomic E-state index is 12.3. The van der Waals surface area contributed by atoms with Crippen LogP contribution in [-0.2, 0) is 9.47 Å². The van der Waals surface area contributed by atoms with E-state index in [-0.39, 0.29) is 12.1 Å². The van der Waals surface area contributed by atoms with Crippen molar-refractivity contribution in [1.82, 2.24) is 20.4 Å². The standard InChI is InChI=1S/C20H39N5O3/c1-15(25-10-11-27-14-16(25)2)12-22-18(21-6)23-17-8-7-9-24(13-17)19(26)28-20(3,4)5/h15-17H,7-14H2,1-6H3,(H2,21,22,23). The second kappa shape index (κ2) is 10.3. The highest BCUT2D eigenvalue weighted by Crippen LogP contribution is 2.15. The molecule has 28 heavy (non-hydrogen) atoms. The van der Waals surface area contributed by atoms with E-state index in [9.17, 15) is 4.79 Å². The molecule has 8 nitrogen and oxygen atoms in total. The fourth-order valence-corrected chi connectivity index (χ4v) is 3.73. The molecule has 3 unspecified atom stereocenters. The first-order valence-electron chi connectivity index (χ1n) is 10.5. The van der Waals surface area contributed by atoms with E-state index < -0.39 is 5.60 Å². The number of hydrogen-bond donors (Lipinski definition) is 2. The number of guanidine groups is 1. The van der Waals surface area contributed by atoms with Crippen LogP contribution in [0.3, 0.4) is 0 Å². The van der Waals surface area contributed by atoms with Gasteiger partial charge in [0.05, 0.1) is 13.2 Å². The van der Waals surface area contributed by atoms with E-state index in [0.29, 0.717) is 18.6 Å². The van der Waals surface area contributed by atoms with Gasteiger partial charge in [0, 0.05) is 51.4 Å². The molecule has 2 N–H and O–H groups in total. The Morgan fingerprint density at radius 1 is 1.36 bits per heavy atom. The number of amides is 1. The number of aliphatic imine (C=N–C) groups is 1. The van der Waals surface area contributed by atoms with E-state index in [1.165, 1.54) is 0 Å². The molecule has 8 heteroatoms. The van der Waals surface area contributed by atoms with Crippen LogP contribution in [0.25, 0.3) is 0 Å². The van der Waals surface area contributed by atoms with E-state index in [1.807, 2.05) is 20.8 Å². The lowest BCUT2D eigenvalue weighted by Gasteiger charge is -2.38. The average Bonchev–Trinajstić information content (AvgIpc) is 2.64. The van der Waals surface area contributed by atoms with Crippen LogP contribution in [0.15, 0.2) is 4.99 Å². The Kier molecular flexibility index (Phi) is 8.37. The number of carbonyl (C=O) groups excluding carboxylic acids is 1. The molecule has 2 saturated heterocycles. The van der Waals surface area contributed by atoms with Crippen LogP contribution in [0.5, 0.6) is 0 Å². The molecule has 2 aliphatic rings. The molecule has 162 valence electrons. The SMILES string of the molecule is CN=C(NCC(C)N1CCOCC1C)NC1CCCN(C(=O)OC(C)(C)C)C1. The molecule has 0 spiro atoms. The van der Waals surface area contributed by atoms with Gasteiger partial charge in [0.1, 0.15) is 5.60 Å². The summed E-state index contributed by atoms with van der Waals surface area (Å²) in [5, 5.41) is 6.91. The minimum atomic E-state index is -0.470. The van der Waals surface area contributed by atoms with Crippen molar-refractivity contribution in [3.05, 3.63) is 0 Å². The molecule has 0 saturated carbocycles. The predicted molar refractivity (Wildman–Crippen MR) is 112 cm³/mol. The third kappa shape index (κ3) is 7.13. The summed E-state index contributed by atoms with van der Waals surface area (Å²) in [7, 11) is 1.78. The molecule has 0 radical (unpaired) electrons. The van der Waals surface area contributed by atoms with Gasteiger partial charge in [-0.05, 0) is 47.5 Å². The second-order valence-electron chi connectivity index (χ2n) is 8.87. The smallest absolute Gasteiger partial charge is 0.410 e. The molecule has 2 heterocycles. The van der Waals surface area contributed by atoms with Crippen LogP contribution in [0.2, 0.25) is 0 Å². The Hall–Kier alpha value is -1.54. The fraction of sp³-hybridized carbons (Fsp3) is 0.900. The van der Waals surface area contributed by atoms with Crippen LogP contribution in [-0.4, -0.2) is 92.0 Å². The Morgan fingerprint density at radius 3 is 2.75 bits per heavy atom. The average molecular weight is 398 g/mol. The Labute approximate surface area is 170 Å². The van der Waals surface area contributed by atoms with Crippen molar-refractivity contribution >= 4 is 12.1 Å². The lowest BCUT2D eigenvalue weighted by Crippen LogP contribution is -2.56. The third-order valence-electron chi connectivity index (χ3n) is 5.19. The summed E-state index contributed by atoms with van der Waals surface area (Å²) in [5.41, 5.74) is -0.470. The lowest BCUT2D eigenvalue weighted by molar-refractivity contribution is -0.0174. The van der Waals surface area contributed by atoms with Crippen LogP contribution >= 0.6 is 0 Å². The van der Waals surface area contributed by atoms with E-state index in [0.717, 1.165) is 51.6 Å². The Bertz CT molecular complexity index is 534. The van der Waals surface area contributed by atoms with Crippen molar-refractivity contribution in [3.8, 4) is 0 Å². The van der Waals surface area contributed by atoms with Gasteiger partial charge >= 0.3 is 6.09 Å². The molecule has 2 rings (SSSR count). The Balaban J connectivity index is 1.80. The van der Waals surface area contributed by atoms with Crippen LogP contribution < -0.4 is 10.6 Å². The Morgan fingerprint density at radius 2 is 2.11 bits per heavy atom. The molecule has 0 bridgehead atoms. The summed E-state index contributed by atoms with van der Waals surface area (Å²) in [6, 6.07) is 0.994. The van der Waals surface area contributed by atoms with Crippen molar-refractivity contribution in [3.63, 3.8) is 0 Å². The van der Waals surface area contributed by atoms with Crippen molar-refractivity contribution in [2.24, 2.45) is 4.99 Å². The van der Waals surface area contributed by atoms with E-state index in [4.69, 9.17) is 9.47 Å². The maximum Gasteiger partial charge on any atom is 0.410 e. The zero-order valence-corrected chi connectivity index (χ0v) is 18.5. The first-order chi connectivity index (χ1) is 13.2. The summed E-state index contributed by atoms with van der Waals surface area (Å²) in [6.45, 7) is 14.9. The summed E-state index contributed by atoms with van der Waals surface area (Å²) < 4.78 is 11.0. The normalized spacial score (nSPS) is 25.9. The first kappa shape index (κ1) is 22.7. The number of hydrogen-bond acceptors (Lipinski definition) is 5. The quantitative estimate of drug-likeness (QED) is 0.555. The van der Waals surface area contributed by atoms with Gasteiger partial charge in [-0.25, -0.2) is 4.79 Å². The molecular formula is C20H39N5O3. The number of rotatable bonds is 4. The fourth-order valence-electron chi connectivity index (χ4n) is 3.73. The topological polar surface area (TPSA) is 78.4 Å². The highest BCUT2D eigenvalue weighted by atomic mass is 16.6. The van der Waals surface area contributed by atoms with Gasteiger partial charge in [-0.1, -0.05) is 0 Å². The highest BCUT2D eigenvalue weighted by Gasteiger charge is 2.28. The number of piperidine rings is 1. The minimum absolute atomic E-state index is 0.171. The van der Waals surface area contributed by atoms with Gasteiger partial charge in [-0.2, -0.15) is 0 Å². The highest BCUT2D eigenvalue weighted by molar-refractivity contribution is 5.80. The molecule has 0 aromatic carbocycles. The van der Waals surface area contributed by atoms with E-state index in [1.54, 1.807) is 11.9 Å². The van der Waals surface area contributed by atoms with Crippen molar-refractivity contribution < 1.29 is 14.3 Å². The molecular weight excluding hydrogens is 358 g/mol. The minimum Gasteiger partial charge on any atom is -0.444 e. The van der Waals surface area contributed by atoms with E-state index in [2.05, 4.69) is 34.4 Å². The third-order valence-corrected chi connectivity index (χ3v) is 5.19. The number of carbonyl (C=O) groups is 1. The van der Waals surface area contributed by atoms with Crippen LogP contribution in [0.1, 0.15) is 47.5 Å². The van der Waals surface area contributed by atoms with Gasteiger partial charge in [0.15, 0.2) is 5.96 Å². The van der Waals surface area contributed by atoms with Crippen molar-refractivity contribution in [2.45, 2.75) is 71.2 Å². The largest absolute Gasteiger partial charge is 0.444 e. The number of likely N-dealkylation sites (tertiary alicyclic amines) is 1. The van der Waals surface area contributed by atoms with Gasteiger partial charge in [-0.15, -0.1) is 0 Å². The zero-order valence-electron chi connectivity index (χ0n) is 18.5. The molecule has 3 atom stereocenters. The number of ether oxygens (including phenoxy) is 2. The van der Waals surface area contributed by atoms with Crippen molar-refractivity contribution in [2.75, 3.05) is 46.4 Å². The molecule has 2 aliphatic heterocycles. The number of nitrogens with zero attached hydrogens (tertiary/aromatic N) is 3. The van der Waals surface area contributed by atoms with Gasteiger partial charge in [0.25, 0.3) is 0 Å². The van der Waals surface area contributed by atoms with Crippen LogP contribution in [0, 0.1) is 0 Å².